The van der Waals surface area contributed by atoms with E-state index in [2.05, 4.69) is 19.2 Å². The number of methoxy groups -OCH3 is 1. The maximum absolute atomic E-state index is 14.9. The second-order valence-corrected chi connectivity index (χ2v) is 14.8. The molecule has 1 amide bonds. The molecule has 0 heterocycles. The second-order valence-electron chi connectivity index (χ2n) is 14.4. The van der Waals surface area contributed by atoms with Crippen LogP contribution in [0.3, 0.4) is 0 Å². The highest BCUT2D eigenvalue weighted by Gasteiger charge is 2.74. The molecule has 0 aromatic heterocycles. The van der Waals surface area contributed by atoms with Gasteiger partial charge in [-0.2, -0.15) is 0 Å². The molecule has 39 heavy (non-hydrogen) atoms. The molecule has 216 valence electrons. The first-order chi connectivity index (χ1) is 18.1. The third kappa shape index (κ3) is 4.32. The number of nitrogens with one attached hydrogen (secondary N) is 1. The zero-order valence-corrected chi connectivity index (χ0v) is 24.6. The summed E-state index contributed by atoms with van der Waals surface area (Å²) in [6.45, 7) is 9.70. The summed E-state index contributed by atoms with van der Waals surface area (Å²) in [5, 5.41) is 14.1. The number of rotatable bonds is 7. The van der Waals surface area contributed by atoms with Crippen molar-refractivity contribution in [3.8, 4) is 0 Å². The number of halogens is 3. The van der Waals surface area contributed by atoms with Gasteiger partial charge in [0, 0.05) is 34.9 Å². The van der Waals surface area contributed by atoms with Crippen molar-refractivity contribution in [1.82, 2.24) is 5.32 Å². The first-order valence-corrected chi connectivity index (χ1v) is 14.6. The standard InChI is InChI=1S/C31H42ClF2NO4/c1-17-9-10-30(21(13-36)18(17)2,12-23(37)35-29-14-28(15-29,16-29)26(38)39-6)19-7-8-20(22(32)11-19)24-25(27(3,4)5)31(24,33)34/h7-8,11,17-18,21,24-25,36H,9-10,12-16H2,1-6H3,(H,35,37)/t17-,18+,21?,24?,25?,28?,29?,30?/m0/s1. The largest absolute Gasteiger partial charge is 0.469 e. The maximum atomic E-state index is 14.9. The van der Waals surface area contributed by atoms with Crippen LogP contribution in [0.1, 0.15) is 90.2 Å². The van der Waals surface area contributed by atoms with Crippen molar-refractivity contribution in [3.63, 3.8) is 0 Å². The average Bonchev–Trinajstić information content (AvgIpc) is 3.39. The Morgan fingerprint density at radius 2 is 1.82 bits per heavy atom. The molecule has 5 aliphatic carbocycles. The maximum Gasteiger partial charge on any atom is 0.312 e. The van der Waals surface area contributed by atoms with Crippen LogP contribution in [-0.4, -0.2) is 42.2 Å². The van der Waals surface area contributed by atoms with Crippen molar-refractivity contribution < 1.29 is 28.2 Å². The highest BCUT2D eigenvalue weighted by Crippen LogP contribution is 2.69. The molecular weight excluding hydrogens is 524 g/mol. The summed E-state index contributed by atoms with van der Waals surface area (Å²) in [4.78, 5) is 25.7. The SMILES string of the molecule is COC(=O)C12CC(NC(=O)CC3(c4ccc(C5C(C(C)(C)C)C5(F)F)c(Cl)c4)CC[C@H](C)[C@@H](C)C3CO)(C1)C2. The van der Waals surface area contributed by atoms with Crippen molar-refractivity contribution in [2.75, 3.05) is 13.7 Å². The number of carbonyl (C=O) groups excluding carboxylic acids is 2. The topological polar surface area (TPSA) is 75.6 Å². The number of esters is 1. The van der Waals surface area contributed by atoms with Gasteiger partial charge >= 0.3 is 5.97 Å². The number of aliphatic hydroxyl groups excluding tert-OH is 1. The molecule has 6 atom stereocenters. The molecule has 1 aromatic rings. The smallest absolute Gasteiger partial charge is 0.312 e. The second kappa shape index (κ2) is 9.14. The Bertz CT molecular complexity index is 1160. The van der Waals surface area contributed by atoms with Gasteiger partial charge in [-0.1, -0.05) is 58.4 Å². The van der Waals surface area contributed by atoms with Gasteiger partial charge < -0.3 is 15.2 Å². The number of amides is 1. The summed E-state index contributed by atoms with van der Waals surface area (Å²) in [6, 6.07) is 5.36. The average molecular weight is 566 g/mol. The fourth-order valence-electron chi connectivity index (χ4n) is 8.71. The van der Waals surface area contributed by atoms with E-state index in [1.54, 1.807) is 12.1 Å². The van der Waals surface area contributed by atoms with E-state index in [9.17, 15) is 23.5 Å². The van der Waals surface area contributed by atoms with Gasteiger partial charge in [0.2, 0.25) is 5.91 Å². The zero-order valence-electron chi connectivity index (χ0n) is 23.9. The predicted molar refractivity (Wildman–Crippen MR) is 146 cm³/mol. The number of aliphatic hydroxyl groups is 1. The molecule has 0 radical (unpaired) electrons. The van der Waals surface area contributed by atoms with Crippen LogP contribution in [-0.2, 0) is 19.7 Å². The summed E-state index contributed by atoms with van der Waals surface area (Å²) >= 11 is 6.74. The number of hydrogen-bond donors (Lipinski definition) is 2. The molecule has 5 aliphatic rings. The molecule has 0 aliphatic heterocycles. The van der Waals surface area contributed by atoms with Crippen molar-refractivity contribution in [2.24, 2.45) is 34.5 Å². The Hall–Kier alpha value is -1.73. The molecule has 5 saturated carbocycles. The number of hydrogen-bond acceptors (Lipinski definition) is 4. The number of ether oxygens (including phenoxy) is 1. The molecule has 4 unspecified atom stereocenters. The van der Waals surface area contributed by atoms with Gasteiger partial charge in [0.15, 0.2) is 0 Å². The predicted octanol–water partition coefficient (Wildman–Crippen LogP) is 6.25. The van der Waals surface area contributed by atoms with Gasteiger partial charge in [-0.3, -0.25) is 9.59 Å². The Kier molecular flexibility index (Phi) is 6.74. The molecule has 6 rings (SSSR count). The van der Waals surface area contributed by atoms with Crippen LogP contribution >= 0.6 is 11.6 Å². The molecule has 2 bridgehead atoms. The molecule has 0 saturated heterocycles. The van der Waals surface area contributed by atoms with Crippen molar-refractivity contribution in [3.05, 3.63) is 34.3 Å². The highest BCUT2D eigenvalue weighted by atomic mass is 35.5. The van der Waals surface area contributed by atoms with Gasteiger partial charge in [0.05, 0.1) is 18.4 Å². The zero-order chi connectivity index (χ0) is 28.8. The van der Waals surface area contributed by atoms with E-state index in [0.717, 1.165) is 12.0 Å². The van der Waals surface area contributed by atoms with Crippen molar-refractivity contribution >= 4 is 23.5 Å². The molecule has 5 fully saturated rings. The van der Waals surface area contributed by atoms with Crippen LogP contribution < -0.4 is 5.32 Å². The lowest BCUT2D eigenvalue weighted by molar-refractivity contribution is -0.203. The molecule has 8 heteroatoms. The first kappa shape index (κ1) is 28.8. The van der Waals surface area contributed by atoms with E-state index in [1.165, 1.54) is 7.11 Å². The van der Waals surface area contributed by atoms with Crippen LogP contribution in [0, 0.1) is 34.5 Å². The van der Waals surface area contributed by atoms with Gasteiger partial charge in [-0.15, -0.1) is 0 Å². The molecular formula is C31H42ClF2NO4. The minimum absolute atomic E-state index is 0.0818. The van der Waals surface area contributed by atoms with Crippen LogP contribution in [0.25, 0.3) is 0 Å². The highest BCUT2D eigenvalue weighted by molar-refractivity contribution is 6.31. The first-order valence-electron chi connectivity index (χ1n) is 14.2. The van der Waals surface area contributed by atoms with E-state index in [1.807, 2.05) is 26.8 Å². The van der Waals surface area contributed by atoms with Crippen LogP contribution in [0.5, 0.6) is 0 Å². The molecule has 1 aromatic carbocycles. The number of carbonyl (C=O) groups is 2. The third-order valence-electron chi connectivity index (χ3n) is 10.9. The summed E-state index contributed by atoms with van der Waals surface area (Å²) < 4.78 is 34.7. The van der Waals surface area contributed by atoms with Crippen LogP contribution in [0.4, 0.5) is 8.78 Å². The van der Waals surface area contributed by atoms with E-state index in [0.29, 0.717) is 42.2 Å². The summed E-state index contributed by atoms with van der Waals surface area (Å²) in [5.74, 6) is -4.50. The lowest BCUT2D eigenvalue weighted by Gasteiger charge is -2.68. The Morgan fingerprint density at radius 3 is 2.33 bits per heavy atom. The lowest BCUT2D eigenvalue weighted by atomic mass is 9.39. The number of alkyl halides is 2. The third-order valence-corrected chi connectivity index (χ3v) is 11.2. The molecule has 5 nitrogen and oxygen atoms in total. The van der Waals surface area contributed by atoms with Crippen LogP contribution in [0.15, 0.2) is 18.2 Å². The van der Waals surface area contributed by atoms with E-state index < -0.39 is 34.0 Å². The number of benzene rings is 1. The van der Waals surface area contributed by atoms with Crippen molar-refractivity contribution in [2.45, 2.75) is 95.9 Å². The summed E-state index contributed by atoms with van der Waals surface area (Å²) in [6.07, 6.45) is 3.51. The van der Waals surface area contributed by atoms with Gasteiger partial charge in [0.25, 0.3) is 5.92 Å². The fourth-order valence-corrected chi connectivity index (χ4v) is 9.01. The Balaban J connectivity index is 1.43. The van der Waals surface area contributed by atoms with Gasteiger partial charge in [-0.05, 0) is 72.5 Å². The normalized spacial score (nSPS) is 40.2. The quantitative estimate of drug-likeness (QED) is 0.383. The van der Waals surface area contributed by atoms with E-state index in [-0.39, 0.29) is 42.3 Å². The minimum Gasteiger partial charge on any atom is -0.469 e. The van der Waals surface area contributed by atoms with Gasteiger partial charge in [0.1, 0.15) is 0 Å². The van der Waals surface area contributed by atoms with Gasteiger partial charge in [-0.25, -0.2) is 8.78 Å². The fraction of sp³-hybridized carbons (Fsp3) is 0.742. The molecule has 2 N–H and O–H groups in total. The Morgan fingerprint density at radius 1 is 1.18 bits per heavy atom. The summed E-state index contributed by atoms with van der Waals surface area (Å²) in [7, 11) is 1.39. The summed E-state index contributed by atoms with van der Waals surface area (Å²) in [5.41, 5.74) is -0.780. The monoisotopic (exact) mass is 565 g/mol. The molecule has 0 spiro atoms. The van der Waals surface area contributed by atoms with Crippen molar-refractivity contribution in [1.29, 1.82) is 0 Å². The van der Waals surface area contributed by atoms with Crippen LogP contribution in [0.2, 0.25) is 5.02 Å². The minimum atomic E-state index is -2.81. The van der Waals surface area contributed by atoms with E-state index >= 15 is 0 Å². The lowest BCUT2D eigenvalue weighted by Crippen LogP contribution is -2.77. The van der Waals surface area contributed by atoms with E-state index in [4.69, 9.17) is 16.3 Å². The Labute approximate surface area is 235 Å².